The van der Waals surface area contributed by atoms with Gasteiger partial charge in [0.1, 0.15) is 0 Å². The van der Waals surface area contributed by atoms with Gasteiger partial charge in [-0.3, -0.25) is 14.7 Å². The largest absolute Gasteiger partial charge is 0.469 e. The summed E-state index contributed by atoms with van der Waals surface area (Å²) in [4.78, 5) is 23.3. The average molecular weight is 266 g/mol. The molecule has 2 rings (SSSR count). The summed E-state index contributed by atoms with van der Waals surface area (Å²) in [5.41, 5.74) is 2.12. The number of ether oxygens (including phenoxy) is 1. The number of thiophene rings is 1. The molecule has 0 fully saturated rings. The van der Waals surface area contributed by atoms with Crippen molar-refractivity contribution >= 4 is 17.3 Å². The molecule has 5 nitrogen and oxygen atoms in total. The molecule has 0 radical (unpaired) electrons. The van der Waals surface area contributed by atoms with Crippen LogP contribution in [0.1, 0.15) is 29.2 Å². The van der Waals surface area contributed by atoms with E-state index >= 15 is 0 Å². The number of hydrogen-bond acceptors (Lipinski definition) is 4. The molecule has 0 amide bonds. The Morgan fingerprint density at radius 3 is 2.78 bits per heavy atom. The Bertz CT molecular complexity index is 583. The summed E-state index contributed by atoms with van der Waals surface area (Å²) >= 11 is 1.54. The summed E-state index contributed by atoms with van der Waals surface area (Å²) < 4.78 is 4.70. The topological polar surface area (TPSA) is 75.0 Å². The Hall–Kier alpha value is -1.82. The molecular formula is C12H14N2O3S. The maximum absolute atomic E-state index is 11.8. The number of esters is 1. The van der Waals surface area contributed by atoms with E-state index in [1.54, 1.807) is 0 Å². The molecule has 2 aromatic rings. The third kappa shape index (κ3) is 2.38. The van der Waals surface area contributed by atoms with Crippen molar-refractivity contribution in [1.29, 1.82) is 0 Å². The molecule has 0 aliphatic carbocycles. The number of nitrogens with one attached hydrogen (secondary N) is 2. The maximum atomic E-state index is 11.8. The number of rotatable bonds is 4. The smallest absolute Gasteiger partial charge is 0.306 e. The molecule has 2 N–H and O–H groups in total. The van der Waals surface area contributed by atoms with Crippen LogP contribution in [-0.2, 0) is 9.53 Å². The molecule has 0 aromatic carbocycles. The second-order valence-electron chi connectivity index (χ2n) is 4.01. The standard InChI is InChI=1S/C12H14N2O3S/c1-7-11(12(16)14-13-7)9(5-10(15)17-2)8-3-4-18-6-8/h3-4,6,9H,5H2,1-2H3,(H2,13,14,16)/t9-/m0/s1. The molecule has 0 aliphatic rings. The van der Waals surface area contributed by atoms with Crippen LogP contribution in [0, 0.1) is 6.92 Å². The van der Waals surface area contributed by atoms with Crippen LogP contribution < -0.4 is 5.56 Å². The van der Waals surface area contributed by atoms with Crippen molar-refractivity contribution in [2.45, 2.75) is 19.3 Å². The van der Waals surface area contributed by atoms with Gasteiger partial charge in [0.2, 0.25) is 0 Å². The lowest BCUT2D eigenvalue weighted by Crippen LogP contribution is -2.16. The van der Waals surface area contributed by atoms with E-state index < -0.39 is 0 Å². The normalized spacial score (nSPS) is 12.3. The lowest BCUT2D eigenvalue weighted by molar-refractivity contribution is -0.140. The number of aromatic nitrogens is 2. The van der Waals surface area contributed by atoms with E-state index in [0.29, 0.717) is 5.56 Å². The molecule has 0 bridgehead atoms. The fourth-order valence-corrected chi connectivity index (χ4v) is 2.70. The molecule has 0 aliphatic heterocycles. The van der Waals surface area contributed by atoms with Crippen molar-refractivity contribution in [2.75, 3.05) is 7.11 Å². The molecular weight excluding hydrogens is 252 g/mol. The minimum absolute atomic E-state index is 0.162. The fourth-order valence-electron chi connectivity index (χ4n) is 1.98. The van der Waals surface area contributed by atoms with Gasteiger partial charge in [0.15, 0.2) is 0 Å². The first-order chi connectivity index (χ1) is 8.63. The van der Waals surface area contributed by atoms with Gasteiger partial charge in [0.25, 0.3) is 5.56 Å². The molecule has 0 spiro atoms. The second kappa shape index (κ2) is 5.22. The van der Waals surface area contributed by atoms with E-state index in [2.05, 4.69) is 10.2 Å². The summed E-state index contributed by atoms with van der Waals surface area (Å²) in [5, 5.41) is 9.20. The summed E-state index contributed by atoms with van der Waals surface area (Å²) in [6.45, 7) is 1.81. The Kier molecular flexibility index (Phi) is 3.66. The lowest BCUT2D eigenvalue weighted by atomic mass is 9.90. The van der Waals surface area contributed by atoms with Gasteiger partial charge in [-0.15, -0.1) is 0 Å². The molecule has 2 aromatic heterocycles. The minimum Gasteiger partial charge on any atom is -0.469 e. The van der Waals surface area contributed by atoms with E-state index in [1.165, 1.54) is 18.4 Å². The highest BCUT2D eigenvalue weighted by atomic mass is 32.1. The quantitative estimate of drug-likeness (QED) is 0.828. The molecule has 96 valence electrons. The lowest BCUT2D eigenvalue weighted by Gasteiger charge is -2.13. The van der Waals surface area contributed by atoms with E-state index in [-0.39, 0.29) is 23.9 Å². The number of carbonyl (C=O) groups excluding carboxylic acids is 1. The second-order valence-corrected chi connectivity index (χ2v) is 4.79. The molecule has 0 unspecified atom stereocenters. The number of methoxy groups -OCH3 is 1. The summed E-state index contributed by atoms with van der Waals surface area (Å²) in [6.07, 6.45) is 0.162. The Labute approximate surface area is 108 Å². The van der Waals surface area contributed by atoms with Gasteiger partial charge in [0, 0.05) is 17.2 Å². The van der Waals surface area contributed by atoms with Gasteiger partial charge in [0.05, 0.1) is 13.5 Å². The highest BCUT2D eigenvalue weighted by Gasteiger charge is 2.24. The van der Waals surface area contributed by atoms with Crippen molar-refractivity contribution in [3.8, 4) is 0 Å². The third-order valence-corrected chi connectivity index (χ3v) is 3.61. The summed E-state index contributed by atoms with van der Waals surface area (Å²) in [5.74, 6) is -0.593. The van der Waals surface area contributed by atoms with Gasteiger partial charge >= 0.3 is 5.97 Å². The zero-order valence-corrected chi connectivity index (χ0v) is 11.0. The zero-order chi connectivity index (χ0) is 13.1. The fraction of sp³-hybridized carbons (Fsp3) is 0.333. The van der Waals surface area contributed by atoms with Gasteiger partial charge in [-0.05, 0) is 29.3 Å². The average Bonchev–Trinajstić information content (AvgIpc) is 2.98. The number of aryl methyl sites for hydroxylation is 1. The van der Waals surface area contributed by atoms with Gasteiger partial charge in [-0.25, -0.2) is 0 Å². The number of aromatic amines is 2. The van der Waals surface area contributed by atoms with E-state index in [4.69, 9.17) is 4.74 Å². The predicted molar refractivity (Wildman–Crippen MR) is 68.9 cm³/mol. The first kappa shape index (κ1) is 12.6. The zero-order valence-electron chi connectivity index (χ0n) is 10.1. The SMILES string of the molecule is COC(=O)C[C@@H](c1ccsc1)c1c(C)[nH][nH]c1=O. The van der Waals surface area contributed by atoms with Crippen molar-refractivity contribution in [2.24, 2.45) is 0 Å². The van der Waals surface area contributed by atoms with Gasteiger partial charge < -0.3 is 9.84 Å². The van der Waals surface area contributed by atoms with Crippen LogP contribution in [0.4, 0.5) is 0 Å². The predicted octanol–water partition coefficient (Wildman–Crippen LogP) is 1.77. The van der Waals surface area contributed by atoms with E-state index in [9.17, 15) is 9.59 Å². The van der Waals surface area contributed by atoms with E-state index in [0.717, 1.165) is 11.3 Å². The molecule has 2 heterocycles. The van der Waals surface area contributed by atoms with Crippen LogP contribution in [0.25, 0.3) is 0 Å². The Balaban J connectivity index is 2.43. The number of H-pyrrole nitrogens is 2. The molecule has 0 saturated heterocycles. The number of hydrogen-bond donors (Lipinski definition) is 2. The minimum atomic E-state index is -0.328. The number of carbonyl (C=O) groups is 1. The highest BCUT2D eigenvalue weighted by molar-refractivity contribution is 7.08. The van der Waals surface area contributed by atoms with Crippen molar-refractivity contribution in [3.63, 3.8) is 0 Å². The van der Waals surface area contributed by atoms with Crippen molar-refractivity contribution in [3.05, 3.63) is 44.0 Å². The van der Waals surface area contributed by atoms with Crippen LogP contribution in [0.15, 0.2) is 21.6 Å². The van der Waals surface area contributed by atoms with E-state index in [1.807, 2.05) is 23.8 Å². The van der Waals surface area contributed by atoms with Crippen molar-refractivity contribution in [1.82, 2.24) is 10.2 Å². The first-order valence-electron chi connectivity index (χ1n) is 5.49. The Morgan fingerprint density at radius 2 is 2.28 bits per heavy atom. The monoisotopic (exact) mass is 266 g/mol. The molecule has 0 saturated carbocycles. The Morgan fingerprint density at radius 1 is 1.50 bits per heavy atom. The maximum Gasteiger partial charge on any atom is 0.306 e. The molecule has 18 heavy (non-hydrogen) atoms. The summed E-state index contributed by atoms with van der Waals surface area (Å²) in [7, 11) is 1.35. The van der Waals surface area contributed by atoms with Crippen LogP contribution in [0.5, 0.6) is 0 Å². The van der Waals surface area contributed by atoms with Crippen LogP contribution >= 0.6 is 11.3 Å². The highest BCUT2D eigenvalue weighted by Crippen LogP contribution is 2.29. The first-order valence-corrected chi connectivity index (χ1v) is 6.43. The van der Waals surface area contributed by atoms with Gasteiger partial charge in [-0.1, -0.05) is 0 Å². The summed E-state index contributed by atoms with van der Waals surface area (Å²) in [6, 6.07) is 1.92. The third-order valence-electron chi connectivity index (χ3n) is 2.90. The molecule has 6 heteroatoms. The van der Waals surface area contributed by atoms with Crippen molar-refractivity contribution < 1.29 is 9.53 Å². The van der Waals surface area contributed by atoms with Crippen LogP contribution in [0.2, 0.25) is 0 Å². The van der Waals surface area contributed by atoms with Crippen LogP contribution in [0.3, 0.4) is 0 Å². The molecule has 1 atom stereocenters. The van der Waals surface area contributed by atoms with Crippen LogP contribution in [-0.4, -0.2) is 23.3 Å². The van der Waals surface area contributed by atoms with Gasteiger partial charge in [-0.2, -0.15) is 11.3 Å².